The third-order valence-corrected chi connectivity index (χ3v) is 6.79. The number of thioether (sulfide) groups is 1. The van der Waals surface area contributed by atoms with Crippen LogP contribution >= 0.6 is 11.8 Å². The zero-order valence-electron chi connectivity index (χ0n) is 19.8. The fourth-order valence-electron chi connectivity index (χ4n) is 3.74. The zero-order valence-corrected chi connectivity index (χ0v) is 20.6. The highest BCUT2D eigenvalue weighted by Gasteiger charge is 2.31. The highest BCUT2D eigenvalue weighted by atomic mass is 32.2. The van der Waals surface area contributed by atoms with Crippen molar-refractivity contribution in [1.29, 1.82) is 0 Å². The lowest BCUT2D eigenvalue weighted by Gasteiger charge is -2.20. The minimum Gasteiger partial charge on any atom is -0.497 e. The molecular formula is C27H32O6S. The molecule has 182 valence electrons. The second-order valence-corrected chi connectivity index (χ2v) is 9.61. The molecule has 0 aromatic heterocycles. The Balaban J connectivity index is 1.60. The van der Waals surface area contributed by atoms with E-state index in [4.69, 9.17) is 14.2 Å². The van der Waals surface area contributed by atoms with Crippen molar-refractivity contribution < 1.29 is 28.6 Å². The van der Waals surface area contributed by atoms with Gasteiger partial charge in [0.2, 0.25) is 0 Å². The number of ketones is 1. The topological polar surface area (TPSA) is 78.9 Å². The summed E-state index contributed by atoms with van der Waals surface area (Å²) in [5.41, 5.74) is 1.77. The van der Waals surface area contributed by atoms with Gasteiger partial charge < -0.3 is 14.2 Å². The molecule has 0 N–H and O–H groups in total. The van der Waals surface area contributed by atoms with Gasteiger partial charge in [-0.25, -0.2) is 0 Å². The normalized spacial score (nSPS) is 16.4. The number of carbonyl (C=O) groups excluding carboxylic acids is 3. The molecule has 2 atom stereocenters. The van der Waals surface area contributed by atoms with E-state index in [0.717, 1.165) is 48.6 Å². The summed E-state index contributed by atoms with van der Waals surface area (Å²) >= 11 is 1.12. The van der Waals surface area contributed by atoms with Crippen molar-refractivity contribution in [2.75, 3.05) is 13.7 Å². The lowest BCUT2D eigenvalue weighted by molar-refractivity contribution is -0.151. The second-order valence-electron chi connectivity index (χ2n) is 8.35. The number of hydrogen-bond donors (Lipinski definition) is 0. The number of methoxy groups -OCH3 is 1. The monoisotopic (exact) mass is 484 g/mol. The summed E-state index contributed by atoms with van der Waals surface area (Å²) in [6.07, 6.45) is 4.42. The van der Waals surface area contributed by atoms with Gasteiger partial charge in [0, 0.05) is 6.42 Å². The lowest BCUT2D eigenvalue weighted by Crippen LogP contribution is -2.18. The van der Waals surface area contributed by atoms with Gasteiger partial charge in [-0.15, -0.1) is 0 Å². The number of unbranched alkanes of at least 4 members (excludes halogenated alkanes) is 3. The van der Waals surface area contributed by atoms with E-state index in [1.165, 1.54) is 0 Å². The van der Waals surface area contributed by atoms with Crippen LogP contribution < -0.4 is 9.47 Å². The van der Waals surface area contributed by atoms with Crippen LogP contribution in [0.3, 0.4) is 0 Å². The van der Waals surface area contributed by atoms with Gasteiger partial charge in [-0.1, -0.05) is 62.2 Å². The van der Waals surface area contributed by atoms with Gasteiger partial charge in [-0.2, -0.15) is 0 Å². The van der Waals surface area contributed by atoms with Crippen molar-refractivity contribution in [3.05, 3.63) is 59.7 Å². The highest BCUT2D eigenvalue weighted by Crippen LogP contribution is 2.29. The molecule has 0 bridgehead atoms. The number of carbonyl (C=O) groups is 3. The summed E-state index contributed by atoms with van der Waals surface area (Å²) in [6.45, 7) is 2.30. The fourth-order valence-corrected chi connectivity index (χ4v) is 4.77. The van der Waals surface area contributed by atoms with Gasteiger partial charge >= 0.3 is 5.97 Å². The van der Waals surface area contributed by atoms with Gasteiger partial charge in [0.25, 0.3) is 0 Å². The number of esters is 1. The molecule has 1 aliphatic heterocycles. The van der Waals surface area contributed by atoms with Crippen molar-refractivity contribution >= 4 is 28.6 Å². The third kappa shape index (κ3) is 7.90. The number of ether oxygens (including phenoxy) is 3. The van der Waals surface area contributed by atoms with Crippen LogP contribution in [0.5, 0.6) is 11.5 Å². The molecule has 6 nitrogen and oxygen atoms in total. The van der Waals surface area contributed by atoms with Crippen LogP contribution in [-0.2, 0) is 25.5 Å². The third-order valence-electron chi connectivity index (χ3n) is 5.67. The number of hydrogen-bond acceptors (Lipinski definition) is 7. The first kappa shape index (κ1) is 25.8. The molecule has 2 aromatic rings. The minimum atomic E-state index is -0.563. The van der Waals surface area contributed by atoms with Crippen molar-refractivity contribution in [2.24, 2.45) is 0 Å². The minimum absolute atomic E-state index is 0.00651. The maximum absolute atomic E-state index is 12.5. The molecular weight excluding hydrogens is 452 g/mol. The van der Waals surface area contributed by atoms with E-state index in [0.29, 0.717) is 24.3 Å². The number of benzene rings is 2. The van der Waals surface area contributed by atoms with E-state index in [-0.39, 0.29) is 35.1 Å². The first-order valence-electron chi connectivity index (χ1n) is 11.8. The molecule has 1 fully saturated rings. The molecule has 2 aromatic carbocycles. The SMILES string of the molecule is CCCCCCC(=O)OC(COc1ccc(CC2SC(=O)CC2=O)cc1)c1cccc(OC)c1. The van der Waals surface area contributed by atoms with Crippen molar-refractivity contribution in [2.45, 2.75) is 63.2 Å². The zero-order chi connectivity index (χ0) is 24.3. The summed E-state index contributed by atoms with van der Waals surface area (Å²) in [4.78, 5) is 35.8. The Bertz CT molecular complexity index is 971. The largest absolute Gasteiger partial charge is 0.497 e. The van der Waals surface area contributed by atoms with E-state index >= 15 is 0 Å². The van der Waals surface area contributed by atoms with Gasteiger partial charge in [0.05, 0.1) is 18.8 Å². The van der Waals surface area contributed by atoms with E-state index in [9.17, 15) is 14.4 Å². The van der Waals surface area contributed by atoms with E-state index in [1.807, 2.05) is 48.5 Å². The van der Waals surface area contributed by atoms with Crippen LogP contribution in [0.25, 0.3) is 0 Å². The van der Waals surface area contributed by atoms with Crippen LogP contribution in [0.15, 0.2) is 48.5 Å². The molecule has 1 heterocycles. The van der Waals surface area contributed by atoms with Gasteiger partial charge in [0.15, 0.2) is 17.0 Å². The Morgan fingerprint density at radius 3 is 2.53 bits per heavy atom. The van der Waals surface area contributed by atoms with E-state index < -0.39 is 6.10 Å². The summed E-state index contributed by atoms with van der Waals surface area (Å²) in [6, 6.07) is 14.9. The molecule has 2 unspecified atom stereocenters. The average molecular weight is 485 g/mol. The Morgan fingerprint density at radius 2 is 1.85 bits per heavy atom. The van der Waals surface area contributed by atoms with Crippen LogP contribution in [0.1, 0.15) is 62.7 Å². The van der Waals surface area contributed by atoms with Crippen LogP contribution in [0, 0.1) is 0 Å². The molecule has 0 aliphatic carbocycles. The first-order chi connectivity index (χ1) is 16.5. The Labute approximate surface area is 205 Å². The van der Waals surface area contributed by atoms with Crippen LogP contribution in [-0.4, -0.2) is 35.8 Å². The van der Waals surface area contributed by atoms with Crippen molar-refractivity contribution in [3.8, 4) is 11.5 Å². The Kier molecular flexibility index (Phi) is 10.0. The molecule has 3 rings (SSSR count). The second kappa shape index (κ2) is 13.2. The Hall–Kier alpha value is -2.80. The van der Waals surface area contributed by atoms with Gasteiger partial charge in [-0.05, 0) is 48.2 Å². The van der Waals surface area contributed by atoms with Crippen LogP contribution in [0.4, 0.5) is 0 Å². The van der Waals surface area contributed by atoms with Crippen molar-refractivity contribution in [1.82, 2.24) is 0 Å². The quantitative estimate of drug-likeness (QED) is 0.212. The average Bonchev–Trinajstić information content (AvgIpc) is 3.16. The molecule has 0 radical (unpaired) electrons. The highest BCUT2D eigenvalue weighted by molar-refractivity contribution is 8.15. The predicted molar refractivity (Wildman–Crippen MR) is 132 cm³/mol. The molecule has 1 aliphatic rings. The maximum Gasteiger partial charge on any atom is 0.306 e. The standard InChI is InChI=1S/C27H32O6S/c1-3-4-5-6-10-26(29)33-24(20-8-7-9-22(16-20)31-2)18-32-21-13-11-19(12-14-21)15-25-23(28)17-27(30)34-25/h7-9,11-14,16,24-25H,3-6,10,15,17-18H2,1-2H3. The Morgan fingerprint density at radius 1 is 1.06 bits per heavy atom. The summed E-state index contributed by atoms with van der Waals surface area (Å²) in [5.74, 6) is 1.07. The molecule has 1 saturated heterocycles. The molecule has 0 amide bonds. The summed E-state index contributed by atoms with van der Waals surface area (Å²) in [5, 5.41) is -0.355. The maximum atomic E-state index is 12.5. The number of Topliss-reactive ketones (excluding diaryl/α,β-unsaturated/α-hetero) is 1. The lowest BCUT2D eigenvalue weighted by atomic mass is 10.1. The molecule has 7 heteroatoms. The van der Waals surface area contributed by atoms with Crippen molar-refractivity contribution in [3.63, 3.8) is 0 Å². The smallest absolute Gasteiger partial charge is 0.306 e. The summed E-state index contributed by atoms with van der Waals surface area (Å²) < 4.78 is 17.1. The predicted octanol–water partition coefficient (Wildman–Crippen LogP) is 5.47. The molecule has 0 saturated carbocycles. The summed E-state index contributed by atoms with van der Waals surface area (Å²) in [7, 11) is 1.60. The van der Waals surface area contributed by atoms with E-state index in [1.54, 1.807) is 7.11 Å². The van der Waals surface area contributed by atoms with Crippen LogP contribution in [0.2, 0.25) is 0 Å². The number of rotatable bonds is 13. The molecule has 0 spiro atoms. The fraction of sp³-hybridized carbons (Fsp3) is 0.444. The van der Waals surface area contributed by atoms with Gasteiger partial charge in [-0.3, -0.25) is 14.4 Å². The van der Waals surface area contributed by atoms with E-state index in [2.05, 4.69) is 6.92 Å². The van der Waals surface area contributed by atoms with Gasteiger partial charge in [0.1, 0.15) is 18.1 Å². The molecule has 34 heavy (non-hydrogen) atoms. The first-order valence-corrected chi connectivity index (χ1v) is 12.6.